The minimum absolute atomic E-state index is 0.248. The van der Waals surface area contributed by atoms with Crippen LogP contribution in [-0.4, -0.2) is 23.0 Å². The van der Waals surface area contributed by atoms with Gasteiger partial charge in [-0.3, -0.25) is 4.79 Å². The van der Waals surface area contributed by atoms with Gasteiger partial charge in [0, 0.05) is 5.69 Å². The van der Waals surface area contributed by atoms with E-state index in [1.807, 2.05) is 38.1 Å². The number of benzene rings is 1. The fraction of sp³-hybridized carbons (Fsp3) is 0.409. The van der Waals surface area contributed by atoms with Crippen LogP contribution in [0.2, 0.25) is 5.15 Å². The fourth-order valence-corrected chi connectivity index (χ4v) is 3.59. The molecule has 1 aromatic heterocycles. The number of nitrogens with zero attached hydrogens (tertiary/aromatic N) is 2. The molecule has 5 nitrogen and oxygen atoms in total. The van der Waals surface area contributed by atoms with E-state index >= 15 is 0 Å². The largest absolute Gasteiger partial charge is 0.374 e. The number of aromatic nitrogens is 1. The van der Waals surface area contributed by atoms with Gasteiger partial charge in [-0.2, -0.15) is 5.26 Å². The number of nitriles is 1. The van der Waals surface area contributed by atoms with E-state index in [0.29, 0.717) is 24.3 Å². The molecule has 28 heavy (non-hydrogen) atoms. The first-order valence-electron chi connectivity index (χ1n) is 9.46. The summed E-state index contributed by atoms with van der Waals surface area (Å²) in [5.74, 6) is -0.253. The van der Waals surface area contributed by atoms with Crippen LogP contribution < -0.4 is 5.32 Å². The number of aryl methyl sites for hydroxylation is 2. The highest BCUT2D eigenvalue weighted by Crippen LogP contribution is 2.25. The molecule has 1 amide bonds. The Bertz CT molecular complexity index is 918. The first kappa shape index (κ1) is 20.3. The maximum atomic E-state index is 12.8. The molecule has 0 atom stereocenters. The lowest BCUT2D eigenvalue weighted by molar-refractivity contribution is 0.0616. The Morgan fingerprint density at radius 1 is 1.32 bits per heavy atom. The van der Waals surface area contributed by atoms with E-state index in [1.165, 1.54) is 0 Å². The second-order valence-corrected chi connectivity index (χ2v) is 8.10. The van der Waals surface area contributed by atoms with Gasteiger partial charge in [0.2, 0.25) is 0 Å². The minimum Gasteiger partial charge on any atom is -0.374 e. The van der Waals surface area contributed by atoms with Crippen molar-refractivity contribution >= 4 is 17.5 Å². The van der Waals surface area contributed by atoms with Gasteiger partial charge in [-0.15, -0.1) is 0 Å². The molecule has 1 aliphatic carbocycles. The van der Waals surface area contributed by atoms with E-state index in [4.69, 9.17) is 21.6 Å². The number of carbonyl (C=O) groups is 1. The maximum absolute atomic E-state index is 12.8. The van der Waals surface area contributed by atoms with Crippen LogP contribution in [0, 0.1) is 11.3 Å². The van der Waals surface area contributed by atoms with Crippen molar-refractivity contribution in [3.05, 3.63) is 63.4 Å². The molecule has 1 N–H and O–H groups in total. The number of ether oxygens (including phenoxy) is 1. The van der Waals surface area contributed by atoms with Crippen molar-refractivity contribution in [1.29, 1.82) is 5.26 Å². The van der Waals surface area contributed by atoms with Gasteiger partial charge < -0.3 is 10.1 Å². The Kier molecular flexibility index (Phi) is 6.33. The lowest BCUT2D eigenvalue weighted by Crippen LogP contribution is -2.47. The van der Waals surface area contributed by atoms with E-state index in [2.05, 4.69) is 16.4 Å². The molecule has 1 heterocycles. The van der Waals surface area contributed by atoms with Gasteiger partial charge in [0.1, 0.15) is 5.15 Å². The van der Waals surface area contributed by atoms with Gasteiger partial charge >= 0.3 is 0 Å². The Morgan fingerprint density at radius 3 is 2.86 bits per heavy atom. The smallest absolute Gasteiger partial charge is 0.254 e. The molecule has 0 radical (unpaired) electrons. The highest BCUT2D eigenvalue weighted by atomic mass is 35.5. The standard InChI is InChI=1S/C22H24ClN3O2/c1-22(2,14-28-13-17-9-4-3-8-16(17)12-24)26-21(27)18-11-15-7-5-6-10-19(15)25-20(18)23/h3-4,8-9,11H,5-7,10,13-14H2,1-2H3,(H,26,27). The van der Waals surface area contributed by atoms with Crippen LogP contribution in [0.25, 0.3) is 0 Å². The summed E-state index contributed by atoms with van der Waals surface area (Å²) in [6.07, 6.45) is 4.08. The van der Waals surface area contributed by atoms with Crippen molar-refractivity contribution in [3.63, 3.8) is 0 Å². The maximum Gasteiger partial charge on any atom is 0.254 e. The van der Waals surface area contributed by atoms with E-state index in [0.717, 1.165) is 42.5 Å². The number of hydrogen-bond acceptors (Lipinski definition) is 4. The van der Waals surface area contributed by atoms with Gasteiger partial charge in [-0.05, 0) is 62.8 Å². The highest BCUT2D eigenvalue weighted by molar-refractivity contribution is 6.32. The third kappa shape index (κ3) is 4.89. The van der Waals surface area contributed by atoms with Crippen molar-refractivity contribution in [1.82, 2.24) is 10.3 Å². The molecule has 3 rings (SSSR count). The van der Waals surface area contributed by atoms with Crippen molar-refractivity contribution in [2.24, 2.45) is 0 Å². The average molecular weight is 398 g/mol. The van der Waals surface area contributed by atoms with Crippen LogP contribution in [0.5, 0.6) is 0 Å². The van der Waals surface area contributed by atoms with Crippen LogP contribution in [0.1, 0.15) is 59.4 Å². The number of hydrogen-bond donors (Lipinski definition) is 1. The molecule has 0 unspecified atom stereocenters. The van der Waals surface area contributed by atoms with E-state index < -0.39 is 5.54 Å². The van der Waals surface area contributed by atoms with Crippen molar-refractivity contribution in [2.45, 2.75) is 51.7 Å². The van der Waals surface area contributed by atoms with E-state index in [9.17, 15) is 4.79 Å². The molecule has 6 heteroatoms. The zero-order valence-electron chi connectivity index (χ0n) is 16.2. The number of amides is 1. The molecule has 0 saturated carbocycles. The molecule has 0 saturated heterocycles. The molecule has 1 aliphatic rings. The Hall–Kier alpha value is -2.42. The van der Waals surface area contributed by atoms with Gasteiger partial charge in [0.15, 0.2) is 0 Å². The summed E-state index contributed by atoms with van der Waals surface area (Å²) in [7, 11) is 0. The second kappa shape index (κ2) is 8.72. The fourth-order valence-electron chi connectivity index (χ4n) is 3.35. The number of rotatable bonds is 6. The first-order valence-corrected chi connectivity index (χ1v) is 9.84. The van der Waals surface area contributed by atoms with Gasteiger partial charge in [-0.1, -0.05) is 29.8 Å². The summed E-state index contributed by atoms with van der Waals surface area (Å²) in [5.41, 5.74) is 3.35. The summed E-state index contributed by atoms with van der Waals surface area (Å²) in [6, 6.07) is 11.3. The van der Waals surface area contributed by atoms with Crippen molar-refractivity contribution in [3.8, 4) is 6.07 Å². The van der Waals surface area contributed by atoms with Crippen LogP contribution in [0.3, 0.4) is 0 Å². The lowest BCUT2D eigenvalue weighted by Gasteiger charge is -2.27. The minimum atomic E-state index is -0.599. The van der Waals surface area contributed by atoms with Crippen LogP contribution in [0.15, 0.2) is 30.3 Å². The third-order valence-electron chi connectivity index (χ3n) is 4.81. The number of halogens is 1. The Morgan fingerprint density at radius 2 is 2.07 bits per heavy atom. The van der Waals surface area contributed by atoms with Crippen molar-refractivity contribution < 1.29 is 9.53 Å². The topological polar surface area (TPSA) is 75.0 Å². The van der Waals surface area contributed by atoms with Crippen LogP contribution >= 0.6 is 11.6 Å². The Labute approximate surface area is 170 Å². The molecule has 1 aromatic carbocycles. The molecule has 146 valence electrons. The van der Waals surface area contributed by atoms with Gasteiger partial charge in [0.25, 0.3) is 5.91 Å². The van der Waals surface area contributed by atoms with E-state index in [-0.39, 0.29) is 11.1 Å². The molecule has 0 bridgehead atoms. The number of fused-ring (bicyclic) bond motifs is 1. The average Bonchev–Trinajstić information content (AvgIpc) is 2.67. The molecule has 0 spiro atoms. The molecule has 0 aliphatic heterocycles. The monoisotopic (exact) mass is 397 g/mol. The number of pyridine rings is 1. The third-order valence-corrected chi connectivity index (χ3v) is 5.10. The predicted octanol–water partition coefficient (Wildman–Crippen LogP) is 4.21. The second-order valence-electron chi connectivity index (χ2n) is 7.74. The zero-order valence-corrected chi connectivity index (χ0v) is 17.0. The SMILES string of the molecule is CC(C)(COCc1ccccc1C#N)NC(=O)c1cc2c(nc1Cl)CCCC2. The highest BCUT2D eigenvalue weighted by Gasteiger charge is 2.25. The van der Waals surface area contributed by atoms with Gasteiger partial charge in [-0.25, -0.2) is 4.98 Å². The Balaban J connectivity index is 1.62. The predicted molar refractivity (Wildman–Crippen MR) is 108 cm³/mol. The normalized spacial score (nSPS) is 13.5. The van der Waals surface area contributed by atoms with Crippen molar-refractivity contribution in [2.75, 3.05) is 6.61 Å². The molecular formula is C22H24ClN3O2. The summed E-state index contributed by atoms with van der Waals surface area (Å²) >= 11 is 6.27. The quantitative estimate of drug-likeness (QED) is 0.741. The van der Waals surface area contributed by atoms with E-state index in [1.54, 1.807) is 6.07 Å². The van der Waals surface area contributed by atoms with Gasteiger partial charge in [0.05, 0.1) is 35.9 Å². The summed E-state index contributed by atoms with van der Waals surface area (Å²) in [5, 5.41) is 12.4. The van der Waals surface area contributed by atoms with Crippen LogP contribution in [0.4, 0.5) is 0 Å². The van der Waals surface area contributed by atoms with Crippen LogP contribution in [-0.2, 0) is 24.2 Å². The number of carbonyl (C=O) groups excluding carboxylic acids is 1. The summed E-state index contributed by atoms with van der Waals surface area (Å²) < 4.78 is 5.77. The zero-order chi connectivity index (χ0) is 20.1. The molecular weight excluding hydrogens is 374 g/mol. The first-order chi connectivity index (χ1) is 13.4. The summed E-state index contributed by atoms with van der Waals surface area (Å²) in [4.78, 5) is 17.2. The summed E-state index contributed by atoms with van der Waals surface area (Å²) in [6.45, 7) is 4.39. The number of nitrogens with one attached hydrogen (secondary N) is 1. The lowest BCUT2D eigenvalue weighted by atomic mass is 9.95. The molecule has 0 fully saturated rings. The molecule has 2 aromatic rings.